The molecule has 0 radical (unpaired) electrons. The van der Waals surface area contributed by atoms with E-state index in [1.54, 1.807) is 12.1 Å². The molecule has 0 aromatic heterocycles. The SMILES string of the molecule is CC(C)(C)N=C(NC(=O)c1ccccc1)Nc1ccccc1. The van der Waals surface area contributed by atoms with Crippen LogP contribution in [0.1, 0.15) is 31.1 Å². The molecule has 0 saturated carbocycles. The lowest BCUT2D eigenvalue weighted by Crippen LogP contribution is -2.38. The molecule has 0 saturated heterocycles. The van der Waals surface area contributed by atoms with Crippen molar-refractivity contribution < 1.29 is 4.79 Å². The van der Waals surface area contributed by atoms with Gasteiger partial charge in [0.1, 0.15) is 0 Å². The second kappa shape index (κ2) is 6.89. The van der Waals surface area contributed by atoms with Crippen LogP contribution >= 0.6 is 0 Å². The van der Waals surface area contributed by atoms with Crippen LogP contribution in [-0.2, 0) is 0 Å². The number of rotatable bonds is 2. The van der Waals surface area contributed by atoms with E-state index in [1.807, 2.05) is 69.3 Å². The maximum Gasteiger partial charge on any atom is 0.257 e. The van der Waals surface area contributed by atoms with Crippen LogP contribution in [0.4, 0.5) is 5.69 Å². The number of amides is 1. The molecule has 4 heteroatoms. The molecule has 2 N–H and O–H groups in total. The second-order valence-corrected chi connectivity index (χ2v) is 5.94. The molecule has 2 aromatic carbocycles. The minimum atomic E-state index is -0.304. The molecule has 0 unspecified atom stereocenters. The van der Waals surface area contributed by atoms with Gasteiger partial charge in [-0.15, -0.1) is 0 Å². The Bertz CT molecular complexity index is 643. The Morgan fingerprint density at radius 3 is 2.00 bits per heavy atom. The van der Waals surface area contributed by atoms with Crippen LogP contribution in [0.25, 0.3) is 0 Å². The molecule has 1 amide bonds. The summed E-state index contributed by atoms with van der Waals surface area (Å²) in [6, 6.07) is 18.7. The van der Waals surface area contributed by atoms with Crippen molar-refractivity contribution in [3.8, 4) is 0 Å². The van der Waals surface area contributed by atoms with Crippen LogP contribution < -0.4 is 10.6 Å². The smallest absolute Gasteiger partial charge is 0.257 e. The first-order valence-electron chi connectivity index (χ1n) is 7.22. The van der Waals surface area contributed by atoms with E-state index in [4.69, 9.17) is 0 Å². The Kier molecular flexibility index (Phi) is 4.94. The summed E-state index contributed by atoms with van der Waals surface area (Å²) >= 11 is 0. The van der Waals surface area contributed by atoms with Crippen molar-refractivity contribution >= 4 is 17.6 Å². The van der Waals surface area contributed by atoms with Gasteiger partial charge in [0.05, 0.1) is 5.54 Å². The van der Waals surface area contributed by atoms with E-state index < -0.39 is 0 Å². The third kappa shape index (κ3) is 5.05. The van der Waals surface area contributed by atoms with Crippen molar-refractivity contribution in [2.45, 2.75) is 26.3 Å². The largest absolute Gasteiger partial charge is 0.326 e. The Hall–Kier alpha value is -2.62. The summed E-state index contributed by atoms with van der Waals surface area (Å²) in [6.07, 6.45) is 0. The van der Waals surface area contributed by atoms with Gasteiger partial charge in [-0.1, -0.05) is 36.4 Å². The van der Waals surface area contributed by atoms with E-state index in [0.717, 1.165) is 5.69 Å². The lowest BCUT2D eigenvalue weighted by molar-refractivity contribution is 0.0977. The summed E-state index contributed by atoms with van der Waals surface area (Å²) in [5, 5.41) is 5.99. The molecular weight excluding hydrogens is 274 g/mol. The van der Waals surface area contributed by atoms with Gasteiger partial charge in [0.15, 0.2) is 0 Å². The number of anilines is 1. The third-order valence-corrected chi connectivity index (χ3v) is 2.75. The van der Waals surface area contributed by atoms with Gasteiger partial charge in [-0.3, -0.25) is 10.1 Å². The average molecular weight is 295 g/mol. The molecule has 0 bridgehead atoms. The Morgan fingerprint density at radius 1 is 0.909 bits per heavy atom. The van der Waals surface area contributed by atoms with E-state index in [2.05, 4.69) is 15.6 Å². The number of hydrogen-bond donors (Lipinski definition) is 2. The molecule has 2 aromatic rings. The number of hydrogen-bond acceptors (Lipinski definition) is 2. The van der Waals surface area contributed by atoms with Crippen LogP contribution in [0.2, 0.25) is 0 Å². The van der Waals surface area contributed by atoms with Gasteiger partial charge in [-0.05, 0) is 45.0 Å². The summed E-state index contributed by atoms with van der Waals surface area (Å²) in [4.78, 5) is 16.8. The Balaban J connectivity index is 2.19. The first-order chi connectivity index (χ1) is 10.4. The van der Waals surface area contributed by atoms with Crippen molar-refractivity contribution in [1.29, 1.82) is 0 Å². The van der Waals surface area contributed by atoms with E-state index in [-0.39, 0.29) is 11.4 Å². The number of guanidine groups is 1. The molecule has 0 aliphatic rings. The summed E-state index contributed by atoms with van der Waals surface area (Å²) in [5.41, 5.74) is 1.17. The summed E-state index contributed by atoms with van der Waals surface area (Å²) in [7, 11) is 0. The third-order valence-electron chi connectivity index (χ3n) is 2.75. The van der Waals surface area contributed by atoms with Gasteiger partial charge in [-0.25, -0.2) is 4.99 Å². The van der Waals surface area contributed by atoms with E-state index in [1.165, 1.54) is 0 Å². The molecule has 4 nitrogen and oxygen atoms in total. The minimum Gasteiger partial charge on any atom is -0.326 e. The highest BCUT2D eigenvalue weighted by Crippen LogP contribution is 2.10. The lowest BCUT2D eigenvalue weighted by Gasteiger charge is -2.18. The normalized spacial score (nSPS) is 11.9. The Morgan fingerprint density at radius 2 is 1.45 bits per heavy atom. The Labute approximate surface area is 131 Å². The van der Waals surface area contributed by atoms with Gasteiger partial charge >= 0.3 is 0 Å². The summed E-state index contributed by atoms with van der Waals surface area (Å²) in [5.74, 6) is 0.250. The zero-order valence-electron chi connectivity index (χ0n) is 13.1. The van der Waals surface area contributed by atoms with Crippen LogP contribution in [0.3, 0.4) is 0 Å². The molecule has 22 heavy (non-hydrogen) atoms. The predicted molar refractivity (Wildman–Crippen MR) is 91.2 cm³/mol. The number of nitrogens with zero attached hydrogens (tertiary/aromatic N) is 1. The molecule has 0 heterocycles. The number of carbonyl (C=O) groups is 1. The molecule has 0 aliphatic carbocycles. The quantitative estimate of drug-likeness (QED) is 0.656. The van der Waals surface area contributed by atoms with Crippen LogP contribution in [0.15, 0.2) is 65.7 Å². The second-order valence-electron chi connectivity index (χ2n) is 5.94. The van der Waals surface area contributed by atoms with E-state index in [0.29, 0.717) is 11.5 Å². The summed E-state index contributed by atoms with van der Waals surface area (Å²) in [6.45, 7) is 5.94. The van der Waals surface area contributed by atoms with Crippen LogP contribution in [0.5, 0.6) is 0 Å². The topological polar surface area (TPSA) is 53.5 Å². The minimum absolute atomic E-state index is 0.188. The zero-order chi connectivity index (χ0) is 16.0. The zero-order valence-corrected chi connectivity index (χ0v) is 13.1. The number of nitrogens with one attached hydrogen (secondary N) is 2. The highest BCUT2D eigenvalue weighted by atomic mass is 16.1. The maximum atomic E-state index is 12.3. The van der Waals surface area contributed by atoms with Crippen LogP contribution in [0, 0.1) is 0 Å². The first-order valence-corrected chi connectivity index (χ1v) is 7.22. The average Bonchev–Trinajstić information content (AvgIpc) is 2.47. The monoisotopic (exact) mass is 295 g/mol. The van der Waals surface area contributed by atoms with Crippen molar-refractivity contribution in [1.82, 2.24) is 5.32 Å². The number of carbonyl (C=O) groups excluding carboxylic acids is 1. The van der Waals surface area contributed by atoms with Gasteiger partial charge in [-0.2, -0.15) is 0 Å². The molecule has 114 valence electrons. The fourth-order valence-electron chi connectivity index (χ4n) is 1.85. The van der Waals surface area contributed by atoms with Gasteiger partial charge in [0.25, 0.3) is 5.91 Å². The maximum absolute atomic E-state index is 12.3. The number of para-hydroxylation sites is 1. The summed E-state index contributed by atoms with van der Waals surface area (Å²) < 4.78 is 0. The van der Waals surface area contributed by atoms with E-state index in [9.17, 15) is 4.79 Å². The van der Waals surface area contributed by atoms with E-state index >= 15 is 0 Å². The van der Waals surface area contributed by atoms with Crippen molar-refractivity contribution in [3.63, 3.8) is 0 Å². The predicted octanol–water partition coefficient (Wildman–Crippen LogP) is 3.68. The van der Waals surface area contributed by atoms with Crippen LogP contribution in [-0.4, -0.2) is 17.4 Å². The fraction of sp³-hybridized carbons (Fsp3) is 0.222. The highest BCUT2D eigenvalue weighted by molar-refractivity contribution is 6.10. The molecular formula is C18H21N3O. The number of benzene rings is 2. The standard InChI is InChI=1S/C18H21N3O/c1-18(2,3)21-17(19-15-12-8-5-9-13-15)20-16(22)14-10-6-4-7-11-14/h4-13H,1-3H3,(H2,19,20,21,22). The van der Waals surface area contributed by atoms with Crippen molar-refractivity contribution in [3.05, 3.63) is 66.2 Å². The lowest BCUT2D eigenvalue weighted by atomic mass is 10.1. The fourth-order valence-corrected chi connectivity index (χ4v) is 1.85. The molecule has 2 rings (SSSR count). The molecule has 0 fully saturated rings. The molecule has 0 aliphatic heterocycles. The number of aliphatic imine (C=N–C) groups is 1. The molecule has 0 atom stereocenters. The van der Waals surface area contributed by atoms with Gasteiger partial charge < -0.3 is 5.32 Å². The first kappa shape index (κ1) is 15.8. The van der Waals surface area contributed by atoms with Gasteiger partial charge in [0, 0.05) is 11.3 Å². The molecule has 0 spiro atoms. The van der Waals surface area contributed by atoms with Crippen molar-refractivity contribution in [2.24, 2.45) is 4.99 Å². The van der Waals surface area contributed by atoms with Gasteiger partial charge in [0.2, 0.25) is 5.96 Å². The van der Waals surface area contributed by atoms with Crippen molar-refractivity contribution in [2.75, 3.05) is 5.32 Å². The highest BCUT2D eigenvalue weighted by Gasteiger charge is 2.13.